The number of imidazole rings is 1. The third-order valence-corrected chi connectivity index (χ3v) is 6.51. The third kappa shape index (κ3) is 2.28. The zero-order valence-corrected chi connectivity index (χ0v) is 12.4. The Bertz CT molecular complexity index is 760. The van der Waals surface area contributed by atoms with E-state index in [4.69, 9.17) is 0 Å². The minimum atomic E-state index is -3.05. The summed E-state index contributed by atoms with van der Waals surface area (Å²) in [6, 6.07) is 3.86. The molecule has 0 bridgehead atoms. The zero-order chi connectivity index (χ0) is 14.4. The van der Waals surface area contributed by atoms with Crippen LogP contribution in [0.15, 0.2) is 24.5 Å². The molecule has 21 heavy (non-hydrogen) atoms. The molecule has 3 heterocycles. The van der Waals surface area contributed by atoms with Crippen LogP contribution >= 0.6 is 0 Å². The van der Waals surface area contributed by atoms with E-state index in [0.29, 0.717) is 26.2 Å². The Morgan fingerprint density at radius 2 is 1.86 bits per heavy atom. The van der Waals surface area contributed by atoms with Gasteiger partial charge in [-0.05, 0) is 25.0 Å². The van der Waals surface area contributed by atoms with Crippen LogP contribution in [0.4, 0.5) is 5.82 Å². The summed E-state index contributed by atoms with van der Waals surface area (Å²) in [5, 5.41) is 4.38. The highest BCUT2D eigenvalue weighted by Crippen LogP contribution is 2.31. The Labute approximate surface area is 123 Å². The van der Waals surface area contributed by atoms with Crippen molar-refractivity contribution in [2.75, 3.05) is 31.1 Å². The molecule has 0 atom stereocenters. The van der Waals surface area contributed by atoms with Gasteiger partial charge in [0.1, 0.15) is 5.82 Å². The van der Waals surface area contributed by atoms with Crippen LogP contribution in [0.5, 0.6) is 0 Å². The highest BCUT2D eigenvalue weighted by Gasteiger charge is 2.41. The Morgan fingerprint density at radius 1 is 1.10 bits per heavy atom. The summed E-state index contributed by atoms with van der Waals surface area (Å²) in [4.78, 5) is 6.29. The largest absolute Gasteiger partial charge is 0.353 e. The predicted molar refractivity (Wildman–Crippen MR) is 78.7 cm³/mol. The second-order valence-electron chi connectivity index (χ2n) is 5.55. The fourth-order valence-electron chi connectivity index (χ4n) is 2.72. The lowest BCUT2D eigenvalue weighted by Crippen LogP contribution is -2.49. The first kappa shape index (κ1) is 13.0. The lowest BCUT2D eigenvalue weighted by molar-refractivity contribution is 0.382. The molecule has 1 aliphatic heterocycles. The van der Waals surface area contributed by atoms with Crippen molar-refractivity contribution < 1.29 is 8.42 Å². The van der Waals surface area contributed by atoms with Crippen LogP contribution < -0.4 is 4.90 Å². The van der Waals surface area contributed by atoms with Crippen LogP contribution in [0.2, 0.25) is 0 Å². The first-order valence-electron chi connectivity index (χ1n) is 7.19. The maximum absolute atomic E-state index is 12.2. The van der Waals surface area contributed by atoms with Crippen LogP contribution in [-0.4, -0.2) is 58.8 Å². The molecule has 2 aromatic heterocycles. The number of nitrogens with zero attached hydrogens (tertiary/aromatic N) is 5. The SMILES string of the molecule is O=S(=O)(C1CC1)N1CCN(c2ccc3nccn3n2)CC1. The zero-order valence-electron chi connectivity index (χ0n) is 11.6. The summed E-state index contributed by atoms with van der Waals surface area (Å²) in [5.74, 6) is 0.865. The molecule has 0 N–H and O–H groups in total. The standard InChI is InChI=1S/C13H17N5O2S/c19-21(20,11-1-2-11)17-9-7-16(8-10-17)13-4-3-12-14-5-6-18(12)15-13/h3-6,11H,1-2,7-10H2. The van der Waals surface area contributed by atoms with Gasteiger partial charge >= 0.3 is 0 Å². The molecular weight excluding hydrogens is 290 g/mol. The van der Waals surface area contributed by atoms with Gasteiger partial charge in [0.25, 0.3) is 0 Å². The fourth-order valence-corrected chi connectivity index (χ4v) is 4.55. The maximum Gasteiger partial charge on any atom is 0.217 e. The van der Waals surface area contributed by atoms with Crippen molar-refractivity contribution in [1.29, 1.82) is 0 Å². The van der Waals surface area contributed by atoms with E-state index in [1.165, 1.54) is 0 Å². The molecule has 0 unspecified atom stereocenters. The summed E-state index contributed by atoms with van der Waals surface area (Å²) in [5.41, 5.74) is 0.814. The quantitative estimate of drug-likeness (QED) is 0.818. The summed E-state index contributed by atoms with van der Waals surface area (Å²) in [6.07, 6.45) is 5.17. The molecule has 7 nitrogen and oxygen atoms in total. The number of fused-ring (bicyclic) bond motifs is 1. The molecule has 0 radical (unpaired) electrons. The summed E-state index contributed by atoms with van der Waals surface area (Å²) >= 11 is 0. The van der Waals surface area contributed by atoms with Gasteiger partial charge in [0.05, 0.1) is 5.25 Å². The molecule has 2 aromatic rings. The van der Waals surface area contributed by atoms with E-state index in [0.717, 1.165) is 24.3 Å². The Morgan fingerprint density at radius 3 is 2.57 bits per heavy atom. The van der Waals surface area contributed by atoms with Gasteiger partial charge in [-0.15, -0.1) is 5.10 Å². The molecular formula is C13H17N5O2S. The van der Waals surface area contributed by atoms with Crippen molar-refractivity contribution in [2.24, 2.45) is 0 Å². The molecule has 4 rings (SSSR count). The van der Waals surface area contributed by atoms with Gasteiger partial charge < -0.3 is 4.90 Å². The maximum atomic E-state index is 12.2. The number of hydrogen-bond acceptors (Lipinski definition) is 5. The summed E-state index contributed by atoms with van der Waals surface area (Å²) in [6.45, 7) is 2.45. The fraction of sp³-hybridized carbons (Fsp3) is 0.538. The van der Waals surface area contributed by atoms with E-state index >= 15 is 0 Å². The normalized spacial score (nSPS) is 21.0. The van der Waals surface area contributed by atoms with E-state index in [1.807, 2.05) is 18.3 Å². The highest BCUT2D eigenvalue weighted by atomic mass is 32.2. The van der Waals surface area contributed by atoms with Crippen molar-refractivity contribution in [2.45, 2.75) is 18.1 Å². The molecule has 0 amide bonds. The second-order valence-corrected chi connectivity index (χ2v) is 7.76. The molecule has 0 spiro atoms. The van der Waals surface area contributed by atoms with Gasteiger partial charge in [-0.25, -0.2) is 17.9 Å². The van der Waals surface area contributed by atoms with Gasteiger partial charge in [0.2, 0.25) is 10.0 Å². The minimum Gasteiger partial charge on any atom is -0.353 e. The summed E-state index contributed by atoms with van der Waals surface area (Å²) < 4.78 is 27.8. The average molecular weight is 307 g/mol. The lowest BCUT2D eigenvalue weighted by Gasteiger charge is -2.34. The highest BCUT2D eigenvalue weighted by molar-refractivity contribution is 7.90. The number of hydrogen-bond donors (Lipinski definition) is 0. The molecule has 1 saturated carbocycles. The second kappa shape index (κ2) is 4.67. The van der Waals surface area contributed by atoms with E-state index in [9.17, 15) is 8.42 Å². The van der Waals surface area contributed by atoms with Crippen LogP contribution in [-0.2, 0) is 10.0 Å². The molecule has 0 aromatic carbocycles. The third-order valence-electron chi connectivity index (χ3n) is 4.11. The van der Waals surface area contributed by atoms with Crippen LogP contribution in [0, 0.1) is 0 Å². The van der Waals surface area contributed by atoms with Crippen molar-refractivity contribution in [3.8, 4) is 0 Å². The van der Waals surface area contributed by atoms with Crippen molar-refractivity contribution in [1.82, 2.24) is 18.9 Å². The molecule has 1 aliphatic carbocycles. The van der Waals surface area contributed by atoms with Gasteiger partial charge in [-0.2, -0.15) is 4.31 Å². The van der Waals surface area contributed by atoms with E-state index in [-0.39, 0.29) is 5.25 Å². The number of anilines is 1. The van der Waals surface area contributed by atoms with E-state index < -0.39 is 10.0 Å². The van der Waals surface area contributed by atoms with Crippen molar-refractivity contribution in [3.05, 3.63) is 24.5 Å². The van der Waals surface area contributed by atoms with Gasteiger partial charge in [-0.1, -0.05) is 0 Å². The van der Waals surface area contributed by atoms with Crippen molar-refractivity contribution in [3.63, 3.8) is 0 Å². The predicted octanol–water partition coefficient (Wildman–Crippen LogP) is 0.343. The molecule has 112 valence electrons. The van der Waals surface area contributed by atoms with Gasteiger partial charge in [0, 0.05) is 38.6 Å². The Hall–Kier alpha value is -1.67. The van der Waals surface area contributed by atoms with E-state index in [2.05, 4.69) is 15.0 Å². The average Bonchev–Trinajstić information content (AvgIpc) is 3.26. The van der Waals surface area contributed by atoms with Gasteiger partial charge in [0.15, 0.2) is 5.65 Å². The van der Waals surface area contributed by atoms with Crippen LogP contribution in [0.3, 0.4) is 0 Å². The molecule has 2 aliphatic rings. The first-order chi connectivity index (χ1) is 10.1. The summed E-state index contributed by atoms with van der Waals surface area (Å²) in [7, 11) is -3.05. The van der Waals surface area contributed by atoms with Crippen LogP contribution in [0.25, 0.3) is 5.65 Å². The number of piperazine rings is 1. The number of rotatable bonds is 3. The van der Waals surface area contributed by atoms with Crippen LogP contribution in [0.1, 0.15) is 12.8 Å². The van der Waals surface area contributed by atoms with E-state index in [1.54, 1.807) is 15.0 Å². The molecule has 2 fully saturated rings. The number of aromatic nitrogens is 3. The first-order valence-corrected chi connectivity index (χ1v) is 8.69. The smallest absolute Gasteiger partial charge is 0.217 e. The lowest BCUT2D eigenvalue weighted by atomic mass is 10.3. The monoisotopic (exact) mass is 307 g/mol. The minimum absolute atomic E-state index is 0.121. The Balaban J connectivity index is 1.49. The molecule has 1 saturated heterocycles. The van der Waals surface area contributed by atoms with Crippen molar-refractivity contribution >= 4 is 21.5 Å². The number of sulfonamides is 1. The molecule has 8 heteroatoms. The Kier molecular flexibility index (Phi) is 2.90. The topological polar surface area (TPSA) is 70.8 Å². The van der Waals surface area contributed by atoms with Gasteiger partial charge in [-0.3, -0.25) is 0 Å².